The Hall–Kier alpha value is -0.980. The molecule has 0 aromatic heterocycles. The van der Waals surface area contributed by atoms with Crippen LogP contribution in [0.5, 0.6) is 5.75 Å². The molecule has 0 saturated heterocycles. The zero-order chi connectivity index (χ0) is 12.7. The maximum absolute atomic E-state index is 10.3. The molecule has 0 aliphatic rings. The van der Waals surface area contributed by atoms with Gasteiger partial charge in [-0.2, -0.15) is 0 Å². The quantitative estimate of drug-likeness (QED) is 0.682. The molecule has 0 fully saturated rings. The van der Waals surface area contributed by atoms with E-state index in [0.717, 1.165) is 11.1 Å². The van der Waals surface area contributed by atoms with Gasteiger partial charge in [-0.05, 0) is 22.0 Å². The van der Waals surface area contributed by atoms with Gasteiger partial charge in [-0.25, -0.2) is 0 Å². The van der Waals surface area contributed by atoms with E-state index >= 15 is 0 Å². The van der Waals surface area contributed by atoms with Crippen molar-refractivity contribution in [3.63, 3.8) is 0 Å². The van der Waals surface area contributed by atoms with Crippen molar-refractivity contribution in [3.05, 3.63) is 29.3 Å². The summed E-state index contributed by atoms with van der Waals surface area (Å²) < 4.78 is 7.91. The third-order valence-electron chi connectivity index (χ3n) is 2.53. The Bertz CT molecular complexity index is 394. The molecular weight excluding hydrogens is 184 g/mol. The number of phenols is 1. The summed E-state index contributed by atoms with van der Waals surface area (Å²) in [5.41, 5.74) is 1.34. The van der Waals surface area contributed by atoms with Gasteiger partial charge in [0, 0.05) is 0 Å². The van der Waals surface area contributed by atoms with Crippen molar-refractivity contribution in [2.45, 2.75) is 52.4 Å². The van der Waals surface area contributed by atoms with Gasteiger partial charge in [-0.15, -0.1) is 0 Å². The highest BCUT2D eigenvalue weighted by atomic mass is 16.3. The first-order valence-electron chi connectivity index (χ1n) is 5.88. The second kappa shape index (κ2) is 3.55. The van der Waals surface area contributed by atoms with Crippen molar-refractivity contribution in [2.75, 3.05) is 0 Å². The lowest BCUT2D eigenvalue weighted by atomic mass is 9.80. The lowest BCUT2D eigenvalue weighted by Gasteiger charge is -2.26. The van der Waals surface area contributed by atoms with Crippen molar-refractivity contribution in [1.82, 2.24) is 0 Å². The van der Waals surface area contributed by atoms with Crippen LogP contribution < -0.4 is 0 Å². The van der Waals surface area contributed by atoms with Gasteiger partial charge in [0.25, 0.3) is 0 Å². The molecule has 0 heterocycles. The summed E-state index contributed by atoms with van der Waals surface area (Å²) in [6, 6.07) is 4.05. The van der Waals surface area contributed by atoms with Crippen LogP contribution in [-0.2, 0) is 10.8 Å². The zero-order valence-corrected chi connectivity index (χ0v) is 10.6. The number of aromatic hydroxyl groups is 1. The molecule has 1 aromatic carbocycles. The predicted octanol–water partition coefficient (Wildman–Crippen LogP) is 3.99. The number of benzene rings is 1. The van der Waals surface area contributed by atoms with Gasteiger partial charge in [0.05, 0.1) is 1.37 Å². The molecule has 0 unspecified atom stereocenters. The summed E-state index contributed by atoms with van der Waals surface area (Å²) in [6.07, 6.45) is 0. The molecule has 1 heteroatoms. The van der Waals surface area contributed by atoms with E-state index in [-0.39, 0.29) is 16.6 Å². The minimum Gasteiger partial charge on any atom is -0.507 e. The van der Waals surface area contributed by atoms with E-state index in [9.17, 15) is 5.11 Å². The van der Waals surface area contributed by atoms with E-state index in [2.05, 4.69) is 20.8 Å². The third kappa shape index (κ3) is 2.53. The minimum atomic E-state index is -0.206. The Morgan fingerprint density at radius 1 is 1.00 bits per heavy atom. The first-order valence-corrected chi connectivity index (χ1v) is 5.38. The molecule has 0 saturated carbocycles. The fourth-order valence-corrected chi connectivity index (χ4v) is 1.67. The van der Waals surface area contributed by atoms with Crippen LogP contribution in [0.15, 0.2) is 18.2 Å². The highest BCUT2D eigenvalue weighted by Gasteiger charge is 2.24. The van der Waals surface area contributed by atoms with Crippen LogP contribution >= 0.6 is 0 Å². The standard InChI is InChI=1S/C14H22O/c1-13(2,3)10-8-7-9-11(12(10)15)14(4,5)6/h7-9,15H,1-6H3/i8D. The van der Waals surface area contributed by atoms with Crippen molar-refractivity contribution < 1.29 is 6.48 Å². The van der Waals surface area contributed by atoms with Crippen LogP contribution in [0.2, 0.25) is 0 Å². The van der Waals surface area contributed by atoms with E-state index in [1.807, 2.05) is 26.8 Å². The summed E-state index contributed by atoms with van der Waals surface area (Å²) in [4.78, 5) is 0. The minimum absolute atomic E-state index is 0.0994. The zero-order valence-electron chi connectivity index (χ0n) is 11.6. The van der Waals surface area contributed by atoms with Gasteiger partial charge in [0.1, 0.15) is 5.75 Å². The van der Waals surface area contributed by atoms with Crippen molar-refractivity contribution in [1.29, 1.82) is 0 Å². The highest BCUT2D eigenvalue weighted by molar-refractivity contribution is 5.46. The molecule has 15 heavy (non-hydrogen) atoms. The summed E-state index contributed by atoms with van der Waals surface area (Å²) in [5, 5.41) is 10.3. The lowest BCUT2D eigenvalue weighted by Crippen LogP contribution is -2.16. The maximum atomic E-state index is 10.3. The van der Waals surface area contributed by atoms with Gasteiger partial charge >= 0.3 is 0 Å². The van der Waals surface area contributed by atoms with Crippen LogP contribution in [0.1, 0.15) is 54.0 Å². The Morgan fingerprint density at radius 2 is 1.47 bits per heavy atom. The number of para-hydroxylation sites is 1. The van der Waals surface area contributed by atoms with Gasteiger partial charge in [-0.1, -0.05) is 59.7 Å². The van der Waals surface area contributed by atoms with E-state index < -0.39 is 0 Å². The van der Waals surface area contributed by atoms with Crippen LogP contribution in [0, 0.1) is 0 Å². The molecule has 1 aromatic rings. The van der Waals surface area contributed by atoms with Crippen molar-refractivity contribution in [2.24, 2.45) is 0 Å². The maximum Gasteiger partial charge on any atom is 0.123 e. The molecule has 1 N–H and O–H groups in total. The first-order chi connectivity index (χ1) is 7.05. The Morgan fingerprint density at radius 3 is 1.87 bits per heavy atom. The fraction of sp³-hybridized carbons (Fsp3) is 0.571. The summed E-state index contributed by atoms with van der Waals surface area (Å²) >= 11 is 0. The van der Waals surface area contributed by atoms with Crippen LogP contribution in [0.4, 0.5) is 0 Å². The number of phenolic OH excluding ortho intramolecular Hbond substituents is 1. The summed E-state index contributed by atoms with van der Waals surface area (Å²) in [5.74, 6) is 0.285. The Labute approximate surface area is 94.6 Å². The van der Waals surface area contributed by atoms with Crippen molar-refractivity contribution in [3.8, 4) is 5.75 Å². The molecule has 84 valence electrons. The summed E-state index contributed by atoms with van der Waals surface area (Å²) in [6.45, 7) is 12.3. The van der Waals surface area contributed by atoms with Gasteiger partial charge < -0.3 is 5.11 Å². The monoisotopic (exact) mass is 207 g/mol. The largest absolute Gasteiger partial charge is 0.507 e. The molecule has 0 atom stereocenters. The topological polar surface area (TPSA) is 20.2 Å². The lowest BCUT2D eigenvalue weighted by molar-refractivity contribution is 0.423. The van der Waals surface area contributed by atoms with Crippen LogP contribution in [0.3, 0.4) is 0 Å². The highest BCUT2D eigenvalue weighted by Crippen LogP contribution is 2.38. The van der Waals surface area contributed by atoms with E-state index in [0.29, 0.717) is 6.04 Å². The Balaban J connectivity index is 3.52. The Kier molecular flexibility index (Phi) is 2.49. The normalized spacial score (nSPS) is 13.9. The average Bonchev–Trinajstić information content (AvgIpc) is 1.97. The molecule has 0 bridgehead atoms. The third-order valence-corrected chi connectivity index (χ3v) is 2.53. The molecule has 0 radical (unpaired) electrons. The predicted molar refractivity (Wildman–Crippen MR) is 65.5 cm³/mol. The van der Waals surface area contributed by atoms with E-state index in [1.54, 1.807) is 6.07 Å². The van der Waals surface area contributed by atoms with Gasteiger partial charge in [0.15, 0.2) is 0 Å². The van der Waals surface area contributed by atoms with Crippen LogP contribution in [-0.4, -0.2) is 5.11 Å². The molecule has 0 amide bonds. The molecule has 0 aliphatic carbocycles. The molecule has 0 aliphatic heterocycles. The molecule has 0 spiro atoms. The summed E-state index contributed by atoms with van der Waals surface area (Å²) in [7, 11) is 0. The van der Waals surface area contributed by atoms with E-state index in [1.165, 1.54) is 0 Å². The first kappa shape index (κ1) is 10.5. The van der Waals surface area contributed by atoms with Gasteiger partial charge in [-0.3, -0.25) is 0 Å². The number of rotatable bonds is 0. The average molecular weight is 207 g/mol. The molecule has 1 rings (SSSR count). The van der Waals surface area contributed by atoms with E-state index in [4.69, 9.17) is 1.37 Å². The van der Waals surface area contributed by atoms with Crippen LogP contribution in [0.25, 0.3) is 0 Å². The second-order valence-electron chi connectivity index (χ2n) is 6.11. The molecular formula is C14H22O. The number of hydrogen-bond donors (Lipinski definition) is 1. The SMILES string of the molecule is [2H]c1ccc(C(C)(C)C)c(O)c1C(C)(C)C. The smallest absolute Gasteiger partial charge is 0.123 e. The fourth-order valence-electron chi connectivity index (χ4n) is 1.67. The number of hydrogen-bond acceptors (Lipinski definition) is 1. The second-order valence-corrected chi connectivity index (χ2v) is 6.11. The van der Waals surface area contributed by atoms with Gasteiger partial charge in [0.2, 0.25) is 0 Å². The van der Waals surface area contributed by atoms with Crippen molar-refractivity contribution >= 4 is 0 Å². The molecule has 1 nitrogen and oxygen atoms in total.